The zero-order valence-electron chi connectivity index (χ0n) is 10.9. The molecule has 0 aliphatic rings. The average Bonchev–Trinajstić information content (AvgIpc) is 2.83. The molecule has 1 aromatic heterocycles. The lowest BCUT2D eigenvalue weighted by molar-refractivity contribution is 0.0665. The Morgan fingerprint density at radius 1 is 1.47 bits per heavy atom. The number of aryl methyl sites for hydroxylation is 1. The lowest BCUT2D eigenvalue weighted by Gasteiger charge is -2.05. The van der Waals surface area contributed by atoms with Crippen molar-refractivity contribution in [2.24, 2.45) is 0 Å². The molecule has 1 aromatic carbocycles. The highest BCUT2D eigenvalue weighted by Gasteiger charge is 2.21. The van der Waals surface area contributed by atoms with Crippen LogP contribution in [-0.4, -0.2) is 30.2 Å². The van der Waals surface area contributed by atoms with Crippen molar-refractivity contribution in [1.82, 2.24) is 4.98 Å². The Labute approximate surface area is 110 Å². The summed E-state index contributed by atoms with van der Waals surface area (Å²) in [4.78, 5) is 15.3. The number of hydrogen-bond donors (Lipinski definition) is 2. The summed E-state index contributed by atoms with van der Waals surface area (Å²) in [7, 11) is 3.19. The van der Waals surface area contributed by atoms with E-state index in [1.54, 1.807) is 26.3 Å². The van der Waals surface area contributed by atoms with Gasteiger partial charge in [-0.25, -0.2) is 4.79 Å². The van der Waals surface area contributed by atoms with E-state index in [-0.39, 0.29) is 11.8 Å². The van der Waals surface area contributed by atoms with Gasteiger partial charge in [-0.15, -0.1) is 0 Å². The number of aromatic nitrogens is 1. The minimum Gasteiger partial charge on any atom is -0.496 e. The molecule has 0 unspecified atom stereocenters. The van der Waals surface area contributed by atoms with Gasteiger partial charge in [0.15, 0.2) is 0 Å². The molecule has 100 valence electrons. The number of nitrogens with zero attached hydrogens (tertiary/aromatic N) is 1. The third-order valence-electron chi connectivity index (χ3n) is 2.70. The molecule has 0 atom stereocenters. The Bertz CT molecular complexity index is 619. The quantitative estimate of drug-likeness (QED) is 0.880. The van der Waals surface area contributed by atoms with Crippen LogP contribution in [0.5, 0.6) is 5.75 Å². The molecule has 6 nitrogen and oxygen atoms in total. The van der Waals surface area contributed by atoms with Gasteiger partial charge in [0.05, 0.1) is 7.11 Å². The minimum atomic E-state index is -1.16. The van der Waals surface area contributed by atoms with E-state index in [1.165, 1.54) is 0 Å². The predicted octanol–water partition coefficient (Wildman–Crippen LogP) is 2.40. The van der Waals surface area contributed by atoms with Gasteiger partial charge in [0.2, 0.25) is 5.76 Å². The Hall–Kier alpha value is -2.50. The molecule has 0 aliphatic heterocycles. The van der Waals surface area contributed by atoms with Gasteiger partial charge in [-0.3, -0.25) is 0 Å². The SMILES string of the molecule is CNc1nc(-c2ccc(OC)c(C)c2)c(C(=O)O)o1. The summed E-state index contributed by atoms with van der Waals surface area (Å²) in [6.45, 7) is 1.88. The number of nitrogens with one attached hydrogen (secondary N) is 1. The van der Waals surface area contributed by atoms with Crippen molar-refractivity contribution in [3.63, 3.8) is 0 Å². The van der Waals surface area contributed by atoms with Crippen LogP contribution in [0.1, 0.15) is 16.1 Å². The topological polar surface area (TPSA) is 84.6 Å². The van der Waals surface area contributed by atoms with Gasteiger partial charge in [-0.2, -0.15) is 4.98 Å². The summed E-state index contributed by atoms with van der Waals surface area (Å²) < 4.78 is 10.3. The van der Waals surface area contributed by atoms with Gasteiger partial charge in [0, 0.05) is 12.6 Å². The van der Waals surface area contributed by atoms with Crippen molar-refractivity contribution in [3.05, 3.63) is 29.5 Å². The van der Waals surface area contributed by atoms with Crippen LogP contribution in [0.25, 0.3) is 11.3 Å². The maximum Gasteiger partial charge on any atom is 0.374 e. The van der Waals surface area contributed by atoms with Crippen LogP contribution in [-0.2, 0) is 0 Å². The number of benzene rings is 1. The highest BCUT2D eigenvalue weighted by molar-refractivity contribution is 5.92. The summed E-state index contributed by atoms with van der Waals surface area (Å²) in [5, 5.41) is 11.8. The van der Waals surface area contributed by atoms with Gasteiger partial charge in [0.25, 0.3) is 6.01 Å². The molecule has 1 heterocycles. The first-order valence-electron chi connectivity index (χ1n) is 5.63. The van der Waals surface area contributed by atoms with Crippen LogP contribution >= 0.6 is 0 Å². The van der Waals surface area contributed by atoms with E-state index in [2.05, 4.69) is 10.3 Å². The second kappa shape index (κ2) is 5.01. The average molecular weight is 262 g/mol. The number of carboxylic acid groups (broad SMARTS) is 1. The van der Waals surface area contributed by atoms with Crippen LogP contribution in [0.3, 0.4) is 0 Å². The predicted molar refractivity (Wildman–Crippen MR) is 69.7 cm³/mol. The number of hydrogen-bond acceptors (Lipinski definition) is 5. The number of carbonyl (C=O) groups is 1. The smallest absolute Gasteiger partial charge is 0.374 e. The number of methoxy groups -OCH3 is 1. The number of ether oxygens (including phenoxy) is 1. The number of oxazole rings is 1. The number of aromatic carboxylic acids is 1. The summed E-state index contributed by atoms with van der Waals surface area (Å²) in [6, 6.07) is 5.49. The van der Waals surface area contributed by atoms with Crippen molar-refractivity contribution < 1.29 is 19.1 Å². The summed E-state index contributed by atoms with van der Waals surface area (Å²) >= 11 is 0. The molecule has 2 aromatic rings. The van der Waals surface area contributed by atoms with E-state index in [4.69, 9.17) is 14.3 Å². The first-order valence-corrected chi connectivity index (χ1v) is 5.63. The van der Waals surface area contributed by atoms with Crippen molar-refractivity contribution in [2.75, 3.05) is 19.5 Å². The van der Waals surface area contributed by atoms with Gasteiger partial charge >= 0.3 is 5.97 Å². The van der Waals surface area contributed by atoms with Crippen LogP contribution in [0, 0.1) is 6.92 Å². The summed E-state index contributed by atoms with van der Waals surface area (Å²) in [5.41, 5.74) is 1.86. The third-order valence-corrected chi connectivity index (χ3v) is 2.70. The Balaban J connectivity index is 2.54. The van der Waals surface area contributed by atoms with E-state index in [9.17, 15) is 4.79 Å². The first-order chi connectivity index (χ1) is 9.06. The second-order valence-electron chi connectivity index (χ2n) is 3.94. The fraction of sp³-hybridized carbons (Fsp3) is 0.231. The Morgan fingerprint density at radius 2 is 2.21 bits per heavy atom. The van der Waals surface area contributed by atoms with Crippen LogP contribution in [0.15, 0.2) is 22.6 Å². The Morgan fingerprint density at radius 3 is 2.74 bits per heavy atom. The van der Waals surface area contributed by atoms with E-state index >= 15 is 0 Å². The molecule has 2 N–H and O–H groups in total. The second-order valence-corrected chi connectivity index (χ2v) is 3.94. The molecule has 0 radical (unpaired) electrons. The van der Waals surface area contributed by atoms with Crippen LogP contribution in [0.4, 0.5) is 6.01 Å². The minimum absolute atomic E-state index is 0.167. The van der Waals surface area contributed by atoms with Crippen LogP contribution in [0.2, 0.25) is 0 Å². The maximum absolute atomic E-state index is 11.1. The molecule has 0 fully saturated rings. The van der Waals surface area contributed by atoms with Gasteiger partial charge in [-0.05, 0) is 30.7 Å². The summed E-state index contributed by atoms with van der Waals surface area (Å²) in [5.74, 6) is -0.607. The van der Waals surface area contributed by atoms with E-state index in [0.717, 1.165) is 11.3 Å². The fourth-order valence-electron chi connectivity index (χ4n) is 1.79. The molecular formula is C13H14N2O4. The molecule has 0 saturated heterocycles. The monoisotopic (exact) mass is 262 g/mol. The molecule has 0 bridgehead atoms. The molecule has 6 heteroatoms. The molecule has 2 rings (SSSR count). The molecule has 0 spiro atoms. The van der Waals surface area contributed by atoms with E-state index in [1.807, 2.05) is 13.0 Å². The fourth-order valence-corrected chi connectivity index (χ4v) is 1.79. The molecule has 19 heavy (non-hydrogen) atoms. The molecular weight excluding hydrogens is 248 g/mol. The lowest BCUT2D eigenvalue weighted by Crippen LogP contribution is -1.97. The highest BCUT2D eigenvalue weighted by Crippen LogP contribution is 2.29. The number of anilines is 1. The van der Waals surface area contributed by atoms with Gasteiger partial charge < -0.3 is 19.6 Å². The first kappa shape index (κ1) is 12.9. The van der Waals surface area contributed by atoms with Crippen molar-refractivity contribution in [3.8, 4) is 17.0 Å². The van der Waals surface area contributed by atoms with Gasteiger partial charge in [-0.1, -0.05) is 0 Å². The molecule has 0 aliphatic carbocycles. The lowest BCUT2D eigenvalue weighted by atomic mass is 10.1. The standard InChI is InChI=1S/C13H14N2O4/c1-7-6-8(4-5-9(7)18-3)10-11(12(16)17)19-13(14-2)15-10/h4-6H,1-3H3,(H,14,15)(H,16,17). The van der Waals surface area contributed by atoms with E-state index < -0.39 is 5.97 Å². The number of carboxylic acids is 1. The highest BCUT2D eigenvalue weighted by atomic mass is 16.5. The molecule has 0 saturated carbocycles. The van der Waals surface area contributed by atoms with Crippen molar-refractivity contribution in [1.29, 1.82) is 0 Å². The number of rotatable bonds is 4. The Kier molecular flexibility index (Phi) is 3.41. The zero-order chi connectivity index (χ0) is 14.0. The van der Waals surface area contributed by atoms with Crippen LogP contribution < -0.4 is 10.1 Å². The molecule has 0 amide bonds. The normalized spacial score (nSPS) is 10.3. The van der Waals surface area contributed by atoms with E-state index in [0.29, 0.717) is 11.3 Å². The third kappa shape index (κ3) is 2.37. The maximum atomic E-state index is 11.1. The van der Waals surface area contributed by atoms with Gasteiger partial charge in [0.1, 0.15) is 11.4 Å². The van der Waals surface area contributed by atoms with Crippen molar-refractivity contribution in [2.45, 2.75) is 6.92 Å². The zero-order valence-corrected chi connectivity index (χ0v) is 10.9. The van der Waals surface area contributed by atoms with Crippen molar-refractivity contribution >= 4 is 12.0 Å². The summed E-state index contributed by atoms with van der Waals surface area (Å²) in [6.07, 6.45) is 0. The largest absolute Gasteiger partial charge is 0.496 e.